The topological polar surface area (TPSA) is 28.7 Å². The van der Waals surface area contributed by atoms with E-state index in [4.69, 9.17) is 0 Å². The fourth-order valence-corrected chi connectivity index (χ4v) is 1.22. The van der Waals surface area contributed by atoms with Crippen molar-refractivity contribution in [1.82, 2.24) is 9.97 Å². The van der Waals surface area contributed by atoms with Gasteiger partial charge in [0, 0.05) is 12.0 Å². The van der Waals surface area contributed by atoms with Crippen LogP contribution in [0.1, 0.15) is 12.7 Å². The highest BCUT2D eigenvalue weighted by Crippen LogP contribution is 2.15. The van der Waals surface area contributed by atoms with Gasteiger partial charge in [-0.15, -0.1) is 0 Å². The molecule has 1 aromatic heterocycles. The molecule has 1 N–H and O–H groups in total. The maximum absolute atomic E-state index is 4.39. The molecular weight excluding hydrogens is 160 g/mol. The fraction of sp³-hybridized carbons (Fsp3) is 0.182. The van der Waals surface area contributed by atoms with Gasteiger partial charge in [-0.05, 0) is 0 Å². The van der Waals surface area contributed by atoms with E-state index in [0.717, 1.165) is 23.5 Å². The van der Waals surface area contributed by atoms with E-state index >= 15 is 0 Å². The molecule has 2 rings (SSSR count). The Morgan fingerprint density at radius 1 is 1.31 bits per heavy atom. The minimum absolute atomic E-state index is 0.900. The van der Waals surface area contributed by atoms with E-state index in [9.17, 15) is 0 Å². The Balaban J connectivity index is 2.36. The fourth-order valence-electron chi connectivity index (χ4n) is 1.22. The summed E-state index contributed by atoms with van der Waals surface area (Å²) in [4.78, 5) is 7.41. The number of hydrogen-bond donors (Lipinski definition) is 1. The lowest BCUT2D eigenvalue weighted by molar-refractivity contribution is 0.989. The smallest absolute Gasteiger partial charge is 0.107 e. The van der Waals surface area contributed by atoms with E-state index in [-0.39, 0.29) is 0 Å². The normalized spacial score (nSPS) is 10.2. The number of rotatable bonds is 2. The standard InChI is InChI=1S/C11H11N2/c1-2-11-12-8-10(13-11)9-6-4-3-5-7-9/h3-7H,2H2,1H3,(H,12,13). The molecule has 2 aromatic rings. The molecule has 0 bridgehead atoms. The van der Waals surface area contributed by atoms with Gasteiger partial charge in [0.1, 0.15) is 5.82 Å². The van der Waals surface area contributed by atoms with Crippen molar-refractivity contribution in [2.45, 2.75) is 13.3 Å². The third kappa shape index (κ3) is 1.61. The SMILES string of the molecule is CCc1nc(-c2ccccc2)[c][nH]1. The second kappa shape index (κ2) is 3.44. The van der Waals surface area contributed by atoms with E-state index in [2.05, 4.69) is 23.1 Å². The molecule has 65 valence electrons. The van der Waals surface area contributed by atoms with Crippen molar-refractivity contribution in [3.63, 3.8) is 0 Å². The lowest BCUT2D eigenvalue weighted by Gasteiger charge is -1.92. The lowest BCUT2D eigenvalue weighted by Crippen LogP contribution is -1.81. The number of H-pyrrole nitrogens is 1. The third-order valence-corrected chi connectivity index (χ3v) is 1.95. The Labute approximate surface area is 77.6 Å². The number of aromatic amines is 1. The van der Waals surface area contributed by atoms with Crippen LogP contribution in [0.15, 0.2) is 30.3 Å². The molecule has 0 aliphatic carbocycles. The summed E-state index contributed by atoms with van der Waals surface area (Å²) in [6.07, 6.45) is 3.96. The summed E-state index contributed by atoms with van der Waals surface area (Å²) in [5, 5.41) is 0. The first kappa shape index (κ1) is 8.05. The van der Waals surface area contributed by atoms with Crippen LogP contribution in [0, 0.1) is 6.20 Å². The molecule has 0 aliphatic rings. The second-order valence-corrected chi connectivity index (χ2v) is 2.88. The van der Waals surface area contributed by atoms with E-state index < -0.39 is 0 Å². The zero-order valence-electron chi connectivity index (χ0n) is 7.54. The molecule has 0 saturated carbocycles. The number of nitrogens with zero attached hydrogens (tertiary/aromatic N) is 1. The Morgan fingerprint density at radius 2 is 2.08 bits per heavy atom. The largest absolute Gasteiger partial charge is 0.340 e. The summed E-state index contributed by atoms with van der Waals surface area (Å²) in [7, 11) is 0. The monoisotopic (exact) mass is 171 g/mol. The van der Waals surface area contributed by atoms with Gasteiger partial charge in [-0.25, -0.2) is 4.98 Å². The van der Waals surface area contributed by atoms with Gasteiger partial charge in [-0.2, -0.15) is 0 Å². The summed E-state index contributed by atoms with van der Waals surface area (Å²) < 4.78 is 0. The zero-order chi connectivity index (χ0) is 9.10. The number of aromatic nitrogens is 2. The Morgan fingerprint density at radius 3 is 2.69 bits per heavy atom. The highest BCUT2D eigenvalue weighted by molar-refractivity contribution is 5.57. The molecule has 0 saturated heterocycles. The van der Waals surface area contributed by atoms with Crippen molar-refractivity contribution in [3.8, 4) is 11.3 Å². The van der Waals surface area contributed by atoms with Gasteiger partial charge in [0.15, 0.2) is 0 Å². The van der Waals surface area contributed by atoms with Crippen LogP contribution in [0.25, 0.3) is 11.3 Å². The molecule has 0 atom stereocenters. The van der Waals surface area contributed by atoms with E-state index in [0.29, 0.717) is 0 Å². The lowest BCUT2D eigenvalue weighted by atomic mass is 10.2. The highest BCUT2D eigenvalue weighted by Gasteiger charge is 2.01. The van der Waals surface area contributed by atoms with Gasteiger partial charge in [-0.1, -0.05) is 37.3 Å². The first-order valence-corrected chi connectivity index (χ1v) is 4.42. The maximum Gasteiger partial charge on any atom is 0.107 e. The molecule has 13 heavy (non-hydrogen) atoms. The molecule has 0 spiro atoms. The zero-order valence-corrected chi connectivity index (χ0v) is 7.54. The summed E-state index contributed by atoms with van der Waals surface area (Å²) in [6.45, 7) is 2.07. The average molecular weight is 171 g/mol. The first-order valence-electron chi connectivity index (χ1n) is 4.42. The molecule has 1 radical (unpaired) electrons. The Kier molecular flexibility index (Phi) is 2.13. The van der Waals surface area contributed by atoms with Crippen LogP contribution in [0.2, 0.25) is 0 Å². The predicted molar refractivity (Wildman–Crippen MR) is 52.2 cm³/mol. The minimum atomic E-state index is 0.900. The van der Waals surface area contributed by atoms with Gasteiger partial charge in [0.25, 0.3) is 0 Å². The van der Waals surface area contributed by atoms with Crippen molar-refractivity contribution in [1.29, 1.82) is 0 Å². The van der Waals surface area contributed by atoms with Crippen molar-refractivity contribution >= 4 is 0 Å². The summed E-state index contributed by atoms with van der Waals surface area (Å²) >= 11 is 0. The van der Waals surface area contributed by atoms with Gasteiger partial charge >= 0.3 is 0 Å². The van der Waals surface area contributed by atoms with Crippen molar-refractivity contribution in [2.75, 3.05) is 0 Å². The number of aryl methyl sites for hydroxylation is 1. The summed E-state index contributed by atoms with van der Waals surface area (Å²) in [5.74, 6) is 0.985. The average Bonchev–Trinajstić information content (AvgIpc) is 2.67. The van der Waals surface area contributed by atoms with Crippen molar-refractivity contribution < 1.29 is 0 Å². The van der Waals surface area contributed by atoms with Crippen LogP contribution in [0.4, 0.5) is 0 Å². The number of nitrogens with one attached hydrogen (secondary N) is 1. The predicted octanol–water partition coefficient (Wildman–Crippen LogP) is 2.44. The van der Waals surface area contributed by atoms with Crippen molar-refractivity contribution in [2.24, 2.45) is 0 Å². The maximum atomic E-state index is 4.39. The molecule has 2 heteroatoms. The minimum Gasteiger partial charge on any atom is -0.340 e. The van der Waals surface area contributed by atoms with Gasteiger partial charge in [0.05, 0.1) is 11.9 Å². The van der Waals surface area contributed by atoms with Crippen LogP contribution in [-0.4, -0.2) is 9.97 Å². The Bertz CT molecular complexity index is 376. The van der Waals surface area contributed by atoms with Crippen LogP contribution in [0.5, 0.6) is 0 Å². The Hall–Kier alpha value is -1.57. The quantitative estimate of drug-likeness (QED) is 0.738. The molecule has 2 nitrogen and oxygen atoms in total. The van der Waals surface area contributed by atoms with E-state index in [1.807, 2.05) is 30.3 Å². The van der Waals surface area contributed by atoms with E-state index in [1.165, 1.54) is 0 Å². The molecule has 0 fully saturated rings. The van der Waals surface area contributed by atoms with Crippen LogP contribution in [0.3, 0.4) is 0 Å². The number of benzene rings is 1. The van der Waals surface area contributed by atoms with Gasteiger partial charge in [-0.3, -0.25) is 0 Å². The highest BCUT2D eigenvalue weighted by atomic mass is 14.9. The molecule has 0 amide bonds. The second-order valence-electron chi connectivity index (χ2n) is 2.88. The molecule has 0 unspecified atom stereocenters. The van der Waals surface area contributed by atoms with Crippen molar-refractivity contribution in [3.05, 3.63) is 42.4 Å². The number of imidazole rings is 1. The van der Waals surface area contributed by atoms with Crippen LogP contribution < -0.4 is 0 Å². The first-order chi connectivity index (χ1) is 6.40. The molecular formula is C11H11N2. The van der Waals surface area contributed by atoms with Gasteiger partial charge < -0.3 is 4.98 Å². The molecule has 1 aromatic carbocycles. The number of hydrogen-bond acceptors (Lipinski definition) is 1. The summed E-state index contributed by atoms with van der Waals surface area (Å²) in [5.41, 5.74) is 2.01. The summed E-state index contributed by atoms with van der Waals surface area (Å²) in [6, 6.07) is 10.1. The van der Waals surface area contributed by atoms with Crippen LogP contribution in [-0.2, 0) is 6.42 Å². The van der Waals surface area contributed by atoms with Gasteiger partial charge in [0.2, 0.25) is 0 Å². The van der Waals surface area contributed by atoms with E-state index in [1.54, 1.807) is 0 Å². The van der Waals surface area contributed by atoms with Crippen LogP contribution >= 0.6 is 0 Å². The third-order valence-electron chi connectivity index (χ3n) is 1.95. The molecule has 0 aliphatic heterocycles. The molecule has 1 heterocycles.